The first-order valence-corrected chi connectivity index (χ1v) is 11.2. The van der Waals surface area contributed by atoms with Crippen molar-refractivity contribution < 1.29 is 37.2 Å². The summed E-state index contributed by atoms with van der Waals surface area (Å²) in [6, 6.07) is 1.79. The van der Waals surface area contributed by atoms with Crippen molar-refractivity contribution >= 4 is 32.7 Å². The van der Waals surface area contributed by atoms with Crippen LogP contribution < -0.4 is 15.2 Å². The summed E-state index contributed by atoms with van der Waals surface area (Å²) >= 11 is 1.41. The molecule has 0 aliphatic rings. The molecule has 13 heteroatoms. The summed E-state index contributed by atoms with van der Waals surface area (Å²) in [4.78, 5) is 33.2. The molecule has 0 aliphatic carbocycles. The summed E-state index contributed by atoms with van der Waals surface area (Å²) in [5.41, 5.74) is 11.1. The van der Waals surface area contributed by atoms with E-state index in [4.69, 9.17) is 10.6 Å². The SMILES string of the molecule is Cc1cc(N)c(C[n+]2csc(CCOP(=O)(O)OP(=O)([O-])O)c2C)cn1. The number of aromatic nitrogens is 2. The Labute approximate surface area is 154 Å². The third kappa shape index (κ3) is 6.22. The van der Waals surface area contributed by atoms with Crippen LogP contribution in [-0.2, 0) is 30.9 Å². The Morgan fingerprint density at radius 1 is 1.38 bits per heavy atom. The normalized spacial score (nSPS) is 16.2. The topological polar surface area (TPSA) is 159 Å². The number of rotatable bonds is 8. The molecule has 4 N–H and O–H groups in total. The Bertz CT molecular complexity index is 883. The van der Waals surface area contributed by atoms with Gasteiger partial charge >= 0.3 is 7.82 Å². The number of hydrogen-bond donors (Lipinski definition) is 3. The van der Waals surface area contributed by atoms with Gasteiger partial charge in [-0.25, -0.2) is 8.88 Å². The Kier molecular flexibility index (Phi) is 6.70. The molecule has 0 aliphatic heterocycles. The molecule has 2 aromatic heterocycles. The van der Waals surface area contributed by atoms with Crippen LogP contribution >= 0.6 is 27.0 Å². The molecule has 2 unspecified atom stereocenters. The van der Waals surface area contributed by atoms with Crippen LogP contribution in [-0.4, -0.2) is 21.4 Å². The summed E-state index contributed by atoms with van der Waals surface area (Å²) in [5.74, 6) is 0. The van der Waals surface area contributed by atoms with E-state index in [-0.39, 0.29) is 13.0 Å². The fourth-order valence-electron chi connectivity index (χ4n) is 2.18. The largest absolute Gasteiger partial charge is 0.756 e. The van der Waals surface area contributed by atoms with E-state index in [0.29, 0.717) is 12.2 Å². The molecule has 0 bridgehead atoms. The monoisotopic (exact) mass is 423 g/mol. The molecule has 0 saturated heterocycles. The highest BCUT2D eigenvalue weighted by molar-refractivity contribution is 7.60. The first kappa shape index (κ1) is 21.1. The first-order chi connectivity index (χ1) is 12.0. The van der Waals surface area contributed by atoms with Gasteiger partial charge in [-0.15, -0.1) is 0 Å². The average Bonchev–Trinajstić information content (AvgIpc) is 2.80. The van der Waals surface area contributed by atoms with E-state index in [0.717, 1.165) is 21.8 Å². The predicted octanol–water partition coefficient (Wildman–Crippen LogP) is 0.815. The molecular weight excluding hydrogens is 404 g/mol. The minimum absolute atomic E-state index is 0.258. The smallest absolute Gasteiger partial charge is 0.478 e. The van der Waals surface area contributed by atoms with Crippen molar-refractivity contribution in [3.63, 3.8) is 0 Å². The fraction of sp³-hybridized carbons (Fsp3) is 0.385. The lowest BCUT2D eigenvalue weighted by molar-refractivity contribution is -0.689. The van der Waals surface area contributed by atoms with Gasteiger partial charge in [0.25, 0.3) is 7.82 Å². The number of thiazole rings is 1. The molecule has 144 valence electrons. The number of hydrogen-bond acceptors (Lipinski definition) is 8. The summed E-state index contributed by atoms with van der Waals surface area (Å²) in [6.45, 7) is 3.99. The molecule has 26 heavy (non-hydrogen) atoms. The Hall–Kier alpha value is -1.16. The first-order valence-electron chi connectivity index (χ1n) is 7.37. The second-order valence-corrected chi connectivity index (χ2v) is 9.21. The van der Waals surface area contributed by atoms with E-state index >= 15 is 0 Å². The van der Waals surface area contributed by atoms with Crippen molar-refractivity contribution in [1.82, 2.24) is 4.98 Å². The second kappa shape index (κ2) is 8.24. The van der Waals surface area contributed by atoms with Gasteiger partial charge in [-0.1, -0.05) is 11.3 Å². The standard InChI is InChI=1S/C13H19N3O7P2S/c1-9-5-12(14)11(6-15-9)7-16-8-26-13(10(16)2)3-4-22-25(20,21)23-24(17,18)19/h5-6,8H,3-4,7H2,1-2H3,(H4-,14,15,17,18,19,20,21). The summed E-state index contributed by atoms with van der Waals surface area (Å²) in [6.07, 6.45) is 1.97. The molecule has 0 saturated carbocycles. The van der Waals surface area contributed by atoms with E-state index < -0.39 is 15.6 Å². The van der Waals surface area contributed by atoms with Crippen molar-refractivity contribution in [2.24, 2.45) is 0 Å². The van der Waals surface area contributed by atoms with Gasteiger partial charge in [-0.05, 0) is 13.0 Å². The minimum Gasteiger partial charge on any atom is -0.756 e. The fourth-order valence-corrected chi connectivity index (χ4v) is 4.71. The van der Waals surface area contributed by atoms with Crippen molar-refractivity contribution in [2.75, 3.05) is 12.3 Å². The summed E-state index contributed by atoms with van der Waals surface area (Å²) in [5, 5.41) is 0. The molecule has 0 spiro atoms. The maximum absolute atomic E-state index is 11.4. The van der Waals surface area contributed by atoms with Crippen LogP contribution in [0.5, 0.6) is 0 Å². The molecule has 2 aromatic rings. The molecule has 0 radical (unpaired) electrons. The quantitative estimate of drug-likeness (QED) is 0.412. The van der Waals surface area contributed by atoms with Crippen LogP contribution in [0.1, 0.15) is 21.8 Å². The highest BCUT2D eigenvalue weighted by Crippen LogP contribution is 2.55. The number of nitrogens with two attached hydrogens (primary N) is 1. The molecule has 0 fully saturated rings. The summed E-state index contributed by atoms with van der Waals surface area (Å²) in [7, 11) is -10.2. The van der Waals surface area contributed by atoms with Crippen LogP contribution in [0, 0.1) is 13.8 Å². The Balaban J connectivity index is 1.98. The van der Waals surface area contributed by atoms with Gasteiger partial charge in [0.15, 0.2) is 12.2 Å². The lowest BCUT2D eigenvalue weighted by Crippen LogP contribution is -2.35. The van der Waals surface area contributed by atoms with Crippen LogP contribution in [0.3, 0.4) is 0 Å². The zero-order valence-corrected chi connectivity index (χ0v) is 16.7. The van der Waals surface area contributed by atoms with Crippen molar-refractivity contribution in [2.45, 2.75) is 26.8 Å². The number of pyridine rings is 1. The Morgan fingerprint density at radius 2 is 2.08 bits per heavy atom. The number of nitrogen functional groups attached to an aromatic ring is 1. The van der Waals surface area contributed by atoms with E-state index in [9.17, 15) is 18.9 Å². The molecule has 10 nitrogen and oxygen atoms in total. The summed E-state index contributed by atoms with van der Waals surface area (Å²) < 4.78 is 32.0. The van der Waals surface area contributed by atoms with E-state index in [1.807, 2.05) is 23.9 Å². The van der Waals surface area contributed by atoms with Crippen molar-refractivity contribution in [3.05, 3.63) is 39.6 Å². The lowest BCUT2D eigenvalue weighted by atomic mass is 10.2. The van der Waals surface area contributed by atoms with Gasteiger partial charge in [0.1, 0.15) is 0 Å². The number of nitrogens with zero attached hydrogens (tertiary/aromatic N) is 2. The van der Waals surface area contributed by atoms with Gasteiger partial charge in [-0.2, -0.15) is 4.57 Å². The van der Waals surface area contributed by atoms with Crippen LogP contribution in [0.2, 0.25) is 0 Å². The van der Waals surface area contributed by atoms with Crippen molar-refractivity contribution in [3.8, 4) is 0 Å². The van der Waals surface area contributed by atoms with Gasteiger partial charge in [0.2, 0.25) is 5.51 Å². The zero-order chi connectivity index (χ0) is 19.5. The highest BCUT2D eigenvalue weighted by atomic mass is 32.1. The predicted molar refractivity (Wildman–Crippen MR) is 92.1 cm³/mol. The minimum atomic E-state index is -5.36. The molecule has 0 amide bonds. The lowest BCUT2D eigenvalue weighted by Gasteiger charge is -2.18. The highest BCUT2D eigenvalue weighted by Gasteiger charge is 2.27. The Morgan fingerprint density at radius 3 is 2.69 bits per heavy atom. The van der Waals surface area contributed by atoms with Gasteiger partial charge < -0.3 is 20.4 Å². The third-order valence-electron chi connectivity index (χ3n) is 3.45. The van der Waals surface area contributed by atoms with Crippen LogP contribution in [0.25, 0.3) is 0 Å². The molecule has 2 heterocycles. The van der Waals surface area contributed by atoms with Crippen molar-refractivity contribution in [1.29, 1.82) is 0 Å². The number of aryl methyl sites for hydroxylation is 1. The zero-order valence-electron chi connectivity index (χ0n) is 14.1. The molecule has 2 rings (SSSR count). The number of anilines is 1. The molecular formula is C13H19N3O7P2S. The van der Waals surface area contributed by atoms with Gasteiger partial charge in [-0.3, -0.25) is 14.1 Å². The maximum atomic E-state index is 11.4. The maximum Gasteiger partial charge on any atom is 0.478 e. The molecule has 0 aromatic carbocycles. The number of phosphoric acid groups is 2. The van der Waals surface area contributed by atoms with Gasteiger partial charge in [0.05, 0.1) is 17.0 Å². The van der Waals surface area contributed by atoms with E-state index in [1.165, 1.54) is 11.3 Å². The average molecular weight is 423 g/mol. The third-order valence-corrected chi connectivity index (χ3v) is 6.75. The van der Waals surface area contributed by atoms with E-state index in [2.05, 4.69) is 13.8 Å². The van der Waals surface area contributed by atoms with Crippen LogP contribution in [0.4, 0.5) is 5.69 Å². The number of phosphoric ester groups is 1. The van der Waals surface area contributed by atoms with Crippen LogP contribution in [0.15, 0.2) is 17.8 Å². The van der Waals surface area contributed by atoms with E-state index in [1.54, 1.807) is 12.3 Å². The van der Waals surface area contributed by atoms with Gasteiger partial charge in [0, 0.05) is 30.9 Å². The second-order valence-electron chi connectivity index (χ2n) is 5.49. The molecule has 2 atom stereocenters.